The summed E-state index contributed by atoms with van der Waals surface area (Å²) in [6, 6.07) is 12.2. The van der Waals surface area contributed by atoms with Gasteiger partial charge in [-0.2, -0.15) is 0 Å². The fourth-order valence-electron chi connectivity index (χ4n) is 2.15. The van der Waals surface area contributed by atoms with Gasteiger partial charge < -0.3 is 10.6 Å². The van der Waals surface area contributed by atoms with Crippen LogP contribution in [0.1, 0.15) is 16.1 Å². The number of aromatic nitrogens is 2. The molecule has 1 amide bonds. The first-order chi connectivity index (χ1) is 12.1. The summed E-state index contributed by atoms with van der Waals surface area (Å²) in [7, 11) is 0. The van der Waals surface area contributed by atoms with Gasteiger partial charge in [0.2, 0.25) is 0 Å². The van der Waals surface area contributed by atoms with E-state index >= 15 is 0 Å². The van der Waals surface area contributed by atoms with Crippen LogP contribution in [0.3, 0.4) is 0 Å². The number of rotatable bonds is 5. The number of pyridine rings is 2. The molecule has 3 rings (SSSR count). The van der Waals surface area contributed by atoms with E-state index in [9.17, 15) is 4.79 Å². The topological polar surface area (TPSA) is 66.9 Å². The molecular weight excluding hydrogens is 359 g/mol. The van der Waals surface area contributed by atoms with Crippen molar-refractivity contribution in [2.45, 2.75) is 6.54 Å². The van der Waals surface area contributed by atoms with Crippen molar-refractivity contribution in [3.63, 3.8) is 0 Å². The molecule has 126 valence electrons. The first kappa shape index (κ1) is 17.2. The van der Waals surface area contributed by atoms with Crippen LogP contribution < -0.4 is 10.6 Å². The fourth-order valence-corrected chi connectivity index (χ4v) is 2.49. The summed E-state index contributed by atoms with van der Waals surface area (Å²) in [6.07, 6.45) is 5.07. The lowest BCUT2D eigenvalue weighted by Gasteiger charge is -2.09. The third-order valence-corrected chi connectivity index (χ3v) is 3.95. The minimum Gasteiger partial charge on any atom is -0.381 e. The maximum absolute atomic E-state index is 12.4. The average molecular weight is 373 g/mol. The van der Waals surface area contributed by atoms with Crippen molar-refractivity contribution in [2.24, 2.45) is 0 Å². The zero-order chi connectivity index (χ0) is 17.6. The van der Waals surface area contributed by atoms with E-state index in [1.807, 2.05) is 12.1 Å². The third kappa shape index (κ3) is 4.68. The highest BCUT2D eigenvalue weighted by molar-refractivity contribution is 6.35. The van der Waals surface area contributed by atoms with Gasteiger partial charge in [0.15, 0.2) is 0 Å². The van der Waals surface area contributed by atoms with Gasteiger partial charge in [0.1, 0.15) is 5.69 Å². The highest BCUT2D eigenvalue weighted by Gasteiger charge is 2.11. The smallest absolute Gasteiger partial charge is 0.274 e. The van der Waals surface area contributed by atoms with E-state index in [1.165, 1.54) is 0 Å². The minimum atomic E-state index is -0.366. The Kier molecular flexibility index (Phi) is 5.48. The molecule has 25 heavy (non-hydrogen) atoms. The zero-order valence-electron chi connectivity index (χ0n) is 13.0. The summed E-state index contributed by atoms with van der Waals surface area (Å²) in [5, 5.41) is 6.84. The zero-order valence-corrected chi connectivity index (χ0v) is 14.6. The Labute approximate surface area is 155 Å². The number of hydrogen-bond acceptors (Lipinski definition) is 4. The third-order valence-electron chi connectivity index (χ3n) is 3.39. The molecule has 2 aromatic heterocycles. The Bertz CT molecular complexity index is 887. The molecule has 2 N–H and O–H groups in total. The molecule has 0 saturated heterocycles. The second-order valence-electron chi connectivity index (χ2n) is 5.22. The Morgan fingerprint density at radius 2 is 1.96 bits per heavy atom. The summed E-state index contributed by atoms with van der Waals surface area (Å²) in [6.45, 7) is 0.596. The molecule has 0 fully saturated rings. The van der Waals surface area contributed by atoms with Gasteiger partial charge in [-0.25, -0.2) is 0 Å². The minimum absolute atomic E-state index is 0.271. The molecule has 0 aliphatic heterocycles. The number of carbonyl (C=O) groups excluding carboxylic acids is 1. The number of nitrogens with one attached hydrogen (secondary N) is 2. The van der Waals surface area contributed by atoms with Gasteiger partial charge >= 0.3 is 0 Å². The molecule has 1 aromatic carbocycles. The number of nitrogens with zero attached hydrogens (tertiary/aromatic N) is 2. The highest BCUT2D eigenvalue weighted by atomic mass is 35.5. The summed E-state index contributed by atoms with van der Waals surface area (Å²) >= 11 is 12.0. The van der Waals surface area contributed by atoms with Crippen molar-refractivity contribution in [3.05, 3.63) is 82.4 Å². The molecule has 0 aliphatic carbocycles. The molecule has 0 unspecified atom stereocenters. The lowest BCUT2D eigenvalue weighted by Crippen LogP contribution is -2.14. The second kappa shape index (κ2) is 7.96. The van der Waals surface area contributed by atoms with Gasteiger partial charge in [0.05, 0.1) is 10.7 Å². The number of anilines is 2. The van der Waals surface area contributed by atoms with Crippen LogP contribution in [-0.4, -0.2) is 15.9 Å². The van der Waals surface area contributed by atoms with Crippen LogP contribution in [0.25, 0.3) is 0 Å². The van der Waals surface area contributed by atoms with Crippen molar-refractivity contribution in [3.8, 4) is 0 Å². The number of benzene rings is 1. The van der Waals surface area contributed by atoms with Crippen LogP contribution >= 0.6 is 23.2 Å². The lowest BCUT2D eigenvalue weighted by molar-refractivity contribution is 0.102. The molecule has 7 heteroatoms. The van der Waals surface area contributed by atoms with E-state index in [-0.39, 0.29) is 11.6 Å². The normalized spacial score (nSPS) is 10.3. The molecule has 0 atom stereocenters. The molecule has 3 aromatic rings. The van der Waals surface area contributed by atoms with Gasteiger partial charge in [0.25, 0.3) is 5.91 Å². The van der Waals surface area contributed by atoms with Crippen LogP contribution in [0.15, 0.2) is 61.1 Å². The van der Waals surface area contributed by atoms with Crippen molar-refractivity contribution < 1.29 is 4.79 Å². The highest BCUT2D eigenvalue weighted by Crippen LogP contribution is 2.25. The summed E-state index contributed by atoms with van der Waals surface area (Å²) in [4.78, 5) is 20.6. The fraction of sp³-hybridized carbons (Fsp3) is 0.0556. The predicted octanol–water partition coefficient (Wildman–Crippen LogP) is 4.65. The van der Waals surface area contributed by atoms with Gasteiger partial charge in [-0.05, 0) is 42.0 Å². The summed E-state index contributed by atoms with van der Waals surface area (Å²) < 4.78 is 0. The van der Waals surface area contributed by atoms with Crippen molar-refractivity contribution in [1.82, 2.24) is 9.97 Å². The molecule has 0 aliphatic rings. The number of halogens is 2. The summed E-state index contributed by atoms with van der Waals surface area (Å²) in [5.41, 5.74) is 2.53. The van der Waals surface area contributed by atoms with Gasteiger partial charge in [-0.3, -0.25) is 14.8 Å². The van der Waals surface area contributed by atoms with E-state index in [0.29, 0.717) is 22.3 Å². The second-order valence-corrected chi connectivity index (χ2v) is 6.07. The molecule has 0 spiro atoms. The van der Waals surface area contributed by atoms with Gasteiger partial charge in [-0.15, -0.1) is 0 Å². The number of hydrogen-bond donors (Lipinski definition) is 2. The van der Waals surface area contributed by atoms with Crippen LogP contribution in [0.4, 0.5) is 11.4 Å². The Morgan fingerprint density at radius 3 is 2.76 bits per heavy atom. The molecule has 5 nitrogen and oxygen atoms in total. The molecule has 2 heterocycles. The van der Waals surface area contributed by atoms with Crippen LogP contribution in [0.5, 0.6) is 0 Å². The Balaban J connectivity index is 1.70. The first-order valence-corrected chi connectivity index (χ1v) is 8.22. The maximum Gasteiger partial charge on any atom is 0.274 e. The Hall–Kier alpha value is -2.63. The van der Waals surface area contributed by atoms with E-state index in [1.54, 1.807) is 48.9 Å². The molecular formula is C18H14Cl2N4O. The van der Waals surface area contributed by atoms with E-state index in [0.717, 1.165) is 11.3 Å². The number of amides is 1. The summed E-state index contributed by atoms with van der Waals surface area (Å²) in [5.74, 6) is -0.366. The molecule has 0 bridgehead atoms. The molecule has 0 radical (unpaired) electrons. The van der Waals surface area contributed by atoms with Gasteiger partial charge in [0, 0.05) is 35.8 Å². The average Bonchev–Trinajstić information content (AvgIpc) is 2.64. The number of carbonyl (C=O) groups is 1. The quantitative estimate of drug-likeness (QED) is 0.683. The first-order valence-electron chi connectivity index (χ1n) is 7.47. The largest absolute Gasteiger partial charge is 0.381 e. The monoisotopic (exact) mass is 372 g/mol. The maximum atomic E-state index is 12.4. The SMILES string of the molecule is O=C(Nc1cc(Cl)ccc1Cl)c1cc(NCc2cccnc2)ccn1. The van der Waals surface area contributed by atoms with Gasteiger partial charge in [-0.1, -0.05) is 29.3 Å². The van der Waals surface area contributed by atoms with E-state index < -0.39 is 0 Å². The van der Waals surface area contributed by atoms with Crippen molar-refractivity contribution in [2.75, 3.05) is 10.6 Å². The lowest BCUT2D eigenvalue weighted by atomic mass is 10.2. The predicted molar refractivity (Wildman–Crippen MR) is 100 cm³/mol. The van der Waals surface area contributed by atoms with E-state index in [2.05, 4.69) is 20.6 Å². The molecule has 0 saturated carbocycles. The van der Waals surface area contributed by atoms with Crippen LogP contribution in [0, 0.1) is 0 Å². The van der Waals surface area contributed by atoms with Crippen molar-refractivity contribution >= 4 is 40.5 Å². The van der Waals surface area contributed by atoms with E-state index in [4.69, 9.17) is 23.2 Å². The Morgan fingerprint density at radius 1 is 1.08 bits per heavy atom. The van der Waals surface area contributed by atoms with Crippen molar-refractivity contribution in [1.29, 1.82) is 0 Å². The van der Waals surface area contributed by atoms with Crippen LogP contribution in [0.2, 0.25) is 10.0 Å². The standard InChI is InChI=1S/C18H14Cl2N4O/c19-13-3-4-15(20)16(8-13)24-18(25)17-9-14(5-7-22-17)23-11-12-2-1-6-21-10-12/h1-10H,11H2,(H,22,23)(H,24,25). The van der Waals surface area contributed by atoms with Crippen LogP contribution in [-0.2, 0) is 6.54 Å².